The predicted octanol–water partition coefficient (Wildman–Crippen LogP) is 12.4. The van der Waals surface area contributed by atoms with E-state index in [2.05, 4.69) is 31.3 Å². The van der Waals surface area contributed by atoms with Crippen molar-refractivity contribution in [3.05, 3.63) is 24.3 Å². The lowest BCUT2D eigenvalue weighted by atomic mass is 10.0. The molecule has 0 rings (SSSR count). The topological polar surface area (TPSA) is 95.9 Å². The number of carbonyl (C=O) groups excluding carboxylic acids is 2. The number of ether oxygens (including phenoxy) is 1. The van der Waals surface area contributed by atoms with Crippen molar-refractivity contribution in [2.24, 2.45) is 0 Å². The molecular weight excluding hydrogens is 634 g/mol. The summed E-state index contributed by atoms with van der Waals surface area (Å²) in [5.74, 6) is -0.103. The lowest BCUT2D eigenvalue weighted by Crippen LogP contribution is -2.45. The van der Waals surface area contributed by atoms with E-state index < -0.39 is 12.1 Å². The normalized spacial score (nSPS) is 12.9. The van der Waals surface area contributed by atoms with Crippen molar-refractivity contribution in [1.29, 1.82) is 0 Å². The van der Waals surface area contributed by atoms with Crippen molar-refractivity contribution >= 4 is 11.9 Å². The van der Waals surface area contributed by atoms with E-state index in [0.717, 1.165) is 57.8 Å². The van der Waals surface area contributed by atoms with E-state index in [-0.39, 0.29) is 18.5 Å². The number of allylic oxidation sites excluding steroid dienone is 3. The van der Waals surface area contributed by atoms with Gasteiger partial charge < -0.3 is 20.3 Å². The van der Waals surface area contributed by atoms with Gasteiger partial charge in [0.15, 0.2) is 0 Å². The summed E-state index contributed by atoms with van der Waals surface area (Å²) in [4.78, 5) is 24.3. The smallest absolute Gasteiger partial charge is 0.305 e. The minimum Gasteiger partial charge on any atom is -0.466 e. The number of rotatable bonds is 40. The maximum Gasteiger partial charge on any atom is 0.305 e. The quantitative estimate of drug-likeness (QED) is 0.0333. The number of aliphatic hydroxyl groups excluding tert-OH is 2. The van der Waals surface area contributed by atoms with Crippen molar-refractivity contribution in [2.75, 3.05) is 13.2 Å². The molecule has 3 N–H and O–H groups in total. The molecule has 2 unspecified atom stereocenters. The van der Waals surface area contributed by atoms with E-state index in [1.165, 1.54) is 141 Å². The predicted molar refractivity (Wildman–Crippen MR) is 218 cm³/mol. The Labute approximate surface area is 316 Å². The highest BCUT2D eigenvalue weighted by atomic mass is 16.5. The lowest BCUT2D eigenvalue weighted by Gasteiger charge is -2.20. The van der Waals surface area contributed by atoms with Crippen LogP contribution in [0.15, 0.2) is 24.3 Å². The molecular formula is C45H85NO5. The van der Waals surface area contributed by atoms with Crippen LogP contribution in [0, 0.1) is 0 Å². The zero-order chi connectivity index (χ0) is 37.3. The molecule has 1 amide bonds. The first-order chi connectivity index (χ1) is 25.0. The van der Waals surface area contributed by atoms with Crippen LogP contribution in [0.4, 0.5) is 0 Å². The molecule has 0 aliphatic rings. The lowest BCUT2D eigenvalue weighted by molar-refractivity contribution is -0.143. The van der Waals surface area contributed by atoms with Gasteiger partial charge in [-0.2, -0.15) is 0 Å². The molecule has 0 radical (unpaired) electrons. The minimum absolute atomic E-state index is 0.0182. The van der Waals surface area contributed by atoms with Gasteiger partial charge in [0.05, 0.1) is 25.4 Å². The second kappa shape index (κ2) is 41.1. The van der Waals surface area contributed by atoms with Crippen LogP contribution in [0.5, 0.6) is 0 Å². The Bertz CT molecular complexity index is 797. The van der Waals surface area contributed by atoms with E-state index in [9.17, 15) is 19.8 Å². The van der Waals surface area contributed by atoms with Crippen molar-refractivity contribution in [1.82, 2.24) is 5.32 Å². The zero-order valence-corrected chi connectivity index (χ0v) is 33.8. The molecule has 0 aliphatic carbocycles. The Hall–Kier alpha value is -1.66. The SMILES string of the molecule is CCCCC/C=C\CCCCCCCC(=O)OCCCCCCCCCCCCCCCC(=O)NC(CO)C(O)/C=C/CCCCCCCCC. The average molecular weight is 720 g/mol. The van der Waals surface area contributed by atoms with Crippen molar-refractivity contribution in [3.63, 3.8) is 0 Å². The number of hydrogen-bond donors (Lipinski definition) is 3. The molecule has 6 nitrogen and oxygen atoms in total. The van der Waals surface area contributed by atoms with Gasteiger partial charge in [-0.15, -0.1) is 0 Å². The van der Waals surface area contributed by atoms with Crippen LogP contribution in [-0.4, -0.2) is 47.4 Å². The minimum atomic E-state index is -0.850. The molecule has 0 aromatic heterocycles. The number of carbonyl (C=O) groups is 2. The standard InChI is InChI=1S/C45H85NO5/c1-3-5-7-9-11-13-14-19-23-27-31-35-39-45(50)51-40-36-32-28-24-20-17-15-16-18-22-26-30-34-38-44(49)46-42(41-47)43(48)37-33-29-25-21-12-10-8-6-4-2/h11,13,33,37,42-43,47-48H,3-10,12,14-32,34-36,38-41H2,1-2H3,(H,46,49)/b13-11-,37-33+. The maximum atomic E-state index is 12.3. The number of amides is 1. The largest absolute Gasteiger partial charge is 0.466 e. The van der Waals surface area contributed by atoms with E-state index in [4.69, 9.17) is 4.74 Å². The second-order valence-corrected chi connectivity index (χ2v) is 15.0. The third-order valence-corrected chi connectivity index (χ3v) is 9.97. The molecule has 6 heteroatoms. The molecule has 0 spiro atoms. The van der Waals surface area contributed by atoms with Crippen LogP contribution < -0.4 is 5.32 Å². The summed E-state index contributed by atoms with van der Waals surface area (Å²) in [6, 6.07) is -0.634. The summed E-state index contributed by atoms with van der Waals surface area (Å²) in [6.07, 6.45) is 45.9. The van der Waals surface area contributed by atoms with Crippen LogP contribution in [-0.2, 0) is 14.3 Å². The van der Waals surface area contributed by atoms with Gasteiger partial charge >= 0.3 is 5.97 Å². The Balaban J connectivity index is 3.48. The third kappa shape index (κ3) is 37.9. The van der Waals surface area contributed by atoms with Crippen molar-refractivity contribution in [2.45, 2.75) is 238 Å². The number of esters is 1. The summed E-state index contributed by atoms with van der Waals surface area (Å²) >= 11 is 0. The molecule has 0 saturated heterocycles. The molecule has 0 aliphatic heterocycles. The number of unbranched alkanes of at least 4 members (excludes halogenated alkanes) is 27. The van der Waals surface area contributed by atoms with E-state index >= 15 is 0 Å². The van der Waals surface area contributed by atoms with Gasteiger partial charge in [0, 0.05) is 12.8 Å². The number of hydrogen-bond acceptors (Lipinski definition) is 5. The summed E-state index contributed by atoms with van der Waals surface area (Å²) in [5, 5.41) is 22.8. The fraction of sp³-hybridized carbons (Fsp3) is 0.867. The Morgan fingerprint density at radius 2 is 0.922 bits per heavy atom. The van der Waals surface area contributed by atoms with Gasteiger partial charge in [0.25, 0.3) is 0 Å². The molecule has 0 bridgehead atoms. The zero-order valence-electron chi connectivity index (χ0n) is 33.8. The fourth-order valence-corrected chi connectivity index (χ4v) is 6.51. The van der Waals surface area contributed by atoms with E-state index in [0.29, 0.717) is 19.4 Å². The van der Waals surface area contributed by atoms with Crippen LogP contribution in [0.1, 0.15) is 226 Å². The van der Waals surface area contributed by atoms with E-state index in [1.807, 2.05) is 6.08 Å². The summed E-state index contributed by atoms with van der Waals surface area (Å²) in [7, 11) is 0. The Morgan fingerprint density at radius 3 is 1.43 bits per heavy atom. The number of nitrogens with one attached hydrogen (secondary N) is 1. The highest BCUT2D eigenvalue weighted by Gasteiger charge is 2.18. The van der Waals surface area contributed by atoms with Gasteiger partial charge in [0.1, 0.15) is 0 Å². The van der Waals surface area contributed by atoms with E-state index in [1.54, 1.807) is 6.08 Å². The van der Waals surface area contributed by atoms with Gasteiger partial charge in [-0.3, -0.25) is 9.59 Å². The molecule has 0 fully saturated rings. The van der Waals surface area contributed by atoms with Gasteiger partial charge in [-0.25, -0.2) is 0 Å². The Morgan fingerprint density at radius 1 is 0.529 bits per heavy atom. The molecule has 300 valence electrons. The molecule has 51 heavy (non-hydrogen) atoms. The van der Waals surface area contributed by atoms with Gasteiger partial charge in [-0.1, -0.05) is 179 Å². The maximum absolute atomic E-state index is 12.3. The van der Waals surface area contributed by atoms with Crippen LogP contribution in [0.2, 0.25) is 0 Å². The molecule has 0 saturated carbocycles. The average Bonchev–Trinajstić information content (AvgIpc) is 3.13. The summed E-state index contributed by atoms with van der Waals surface area (Å²) < 4.78 is 5.43. The van der Waals surface area contributed by atoms with Gasteiger partial charge in [-0.05, 0) is 57.8 Å². The fourth-order valence-electron chi connectivity index (χ4n) is 6.51. The molecule has 0 aromatic rings. The first kappa shape index (κ1) is 49.3. The molecule has 0 heterocycles. The number of aliphatic hydroxyl groups is 2. The first-order valence-corrected chi connectivity index (χ1v) is 22.1. The van der Waals surface area contributed by atoms with Crippen LogP contribution in [0.25, 0.3) is 0 Å². The Kier molecular flexibility index (Phi) is 39.8. The summed E-state index contributed by atoms with van der Waals surface area (Å²) in [6.45, 7) is 4.80. The van der Waals surface area contributed by atoms with Gasteiger partial charge in [0.2, 0.25) is 5.91 Å². The highest BCUT2D eigenvalue weighted by Crippen LogP contribution is 2.14. The van der Waals surface area contributed by atoms with Crippen molar-refractivity contribution < 1.29 is 24.5 Å². The van der Waals surface area contributed by atoms with Crippen LogP contribution >= 0.6 is 0 Å². The van der Waals surface area contributed by atoms with Crippen LogP contribution in [0.3, 0.4) is 0 Å². The third-order valence-electron chi connectivity index (χ3n) is 9.97. The first-order valence-electron chi connectivity index (χ1n) is 22.1. The summed E-state index contributed by atoms with van der Waals surface area (Å²) in [5.41, 5.74) is 0. The van der Waals surface area contributed by atoms with Crippen molar-refractivity contribution in [3.8, 4) is 0 Å². The monoisotopic (exact) mass is 720 g/mol. The highest BCUT2D eigenvalue weighted by molar-refractivity contribution is 5.76. The second-order valence-electron chi connectivity index (χ2n) is 15.0. The molecule has 2 atom stereocenters. The molecule has 0 aromatic carbocycles.